The molecule has 1 fully saturated rings. The van der Waals surface area contributed by atoms with Crippen molar-refractivity contribution in [3.63, 3.8) is 0 Å². The van der Waals surface area contributed by atoms with Crippen LogP contribution in [0.3, 0.4) is 0 Å². The van der Waals surface area contributed by atoms with E-state index >= 15 is 0 Å². The van der Waals surface area contributed by atoms with Gasteiger partial charge in [0.2, 0.25) is 0 Å². The summed E-state index contributed by atoms with van der Waals surface area (Å²) >= 11 is 0. The van der Waals surface area contributed by atoms with Gasteiger partial charge in [0.05, 0.1) is 28.7 Å². The first-order chi connectivity index (χ1) is 8.60. The molecule has 0 radical (unpaired) electrons. The van der Waals surface area contributed by atoms with Crippen LogP contribution in [0.15, 0.2) is 18.2 Å². The number of nitro groups is 1. The van der Waals surface area contributed by atoms with Crippen molar-refractivity contribution in [1.29, 1.82) is 5.26 Å². The normalized spacial score (nSPS) is 16.4. The largest absolute Gasteiger partial charge is 0.394 e. The summed E-state index contributed by atoms with van der Waals surface area (Å²) in [6, 6.07) is 6.16. The fraction of sp³-hybridized carbons (Fsp3) is 0.417. The fourth-order valence-corrected chi connectivity index (χ4v) is 2.07. The summed E-state index contributed by atoms with van der Waals surface area (Å²) in [5.41, 5.74) is 0.0271. The highest BCUT2D eigenvalue weighted by Gasteiger charge is 2.37. The highest BCUT2D eigenvalue weighted by Crippen LogP contribution is 2.37. The lowest BCUT2D eigenvalue weighted by atomic mass is 9.77. The third kappa shape index (κ3) is 2.13. The highest BCUT2D eigenvalue weighted by molar-refractivity contribution is 5.65. The van der Waals surface area contributed by atoms with E-state index in [1.807, 2.05) is 6.07 Å². The van der Waals surface area contributed by atoms with Gasteiger partial charge in [0.1, 0.15) is 5.69 Å². The summed E-state index contributed by atoms with van der Waals surface area (Å²) in [6.45, 7) is -0.0514. The van der Waals surface area contributed by atoms with Crippen molar-refractivity contribution in [2.24, 2.45) is 0 Å². The van der Waals surface area contributed by atoms with Crippen LogP contribution < -0.4 is 5.32 Å². The predicted molar refractivity (Wildman–Crippen MR) is 65.1 cm³/mol. The molecule has 0 bridgehead atoms. The van der Waals surface area contributed by atoms with E-state index in [0.29, 0.717) is 5.69 Å². The van der Waals surface area contributed by atoms with Gasteiger partial charge in [0, 0.05) is 6.07 Å². The SMILES string of the molecule is N#Cc1ccc(NC2(CO)CCC2)c([N+](=O)[O-])c1. The third-order valence-corrected chi connectivity index (χ3v) is 3.34. The molecule has 2 rings (SSSR count). The lowest BCUT2D eigenvalue weighted by molar-refractivity contribution is -0.384. The van der Waals surface area contributed by atoms with Gasteiger partial charge in [-0.3, -0.25) is 10.1 Å². The van der Waals surface area contributed by atoms with Crippen molar-refractivity contribution >= 4 is 11.4 Å². The molecule has 1 aromatic rings. The van der Waals surface area contributed by atoms with E-state index in [1.165, 1.54) is 18.2 Å². The molecule has 1 aliphatic carbocycles. The van der Waals surface area contributed by atoms with Crippen LogP contribution in [0.4, 0.5) is 11.4 Å². The van der Waals surface area contributed by atoms with Gasteiger partial charge in [-0.25, -0.2) is 0 Å². The lowest BCUT2D eigenvalue weighted by Crippen LogP contribution is -2.48. The van der Waals surface area contributed by atoms with Gasteiger partial charge in [0.25, 0.3) is 5.69 Å². The van der Waals surface area contributed by atoms with Crippen LogP contribution in [-0.2, 0) is 0 Å². The molecule has 6 nitrogen and oxygen atoms in total. The van der Waals surface area contributed by atoms with Crippen LogP contribution in [0.25, 0.3) is 0 Å². The number of benzene rings is 1. The van der Waals surface area contributed by atoms with Crippen LogP contribution in [0.1, 0.15) is 24.8 Å². The van der Waals surface area contributed by atoms with E-state index in [9.17, 15) is 15.2 Å². The molecule has 1 aromatic carbocycles. The van der Waals surface area contributed by atoms with Crippen molar-refractivity contribution in [3.8, 4) is 6.07 Å². The number of nitrogens with zero attached hydrogens (tertiary/aromatic N) is 2. The summed E-state index contributed by atoms with van der Waals surface area (Å²) in [4.78, 5) is 10.4. The predicted octanol–water partition coefficient (Wildman–Crippen LogP) is 1.79. The Morgan fingerprint density at radius 3 is 2.72 bits per heavy atom. The summed E-state index contributed by atoms with van der Waals surface area (Å²) in [5, 5.41) is 32.1. The zero-order valence-electron chi connectivity index (χ0n) is 9.72. The van der Waals surface area contributed by atoms with Gasteiger partial charge < -0.3 is 10.4 Å². The van der Waals surface area contributed by atoms with Crippen molar-refractivity contribution in [2.45, 2.75) is 24.8 Å². The van der Waals surface area contributed by atoms with Crippen LogP contribution in [-0.4, -0.2) is 22.2 Å². The maximum Gasteiger partial charge on any atom is 0.293 e. The van der Waals surface area contributed by atoms with Crippen molar-refractivity contribution < 1.29 is 10.0 Å². The molecule has 0 heterocycles. The Morgan fingerprint density at radius 1 is 1.56 bits per heavy atom. The molecule has 94 valence electrons. The number of hydrogen-bond acceptors (Lipinski definition) is 5. The number of rotatable bonds is 4. The summed E-state index contributed by atoms with van der Waals surface area (Å²) < 4.78 is 0. The molecule has 2 N–H and O–H groups in total. The minimum absolute atomic E-state index is 0.0514. The number of aliphatic hydroxyl groups is 1. The van der Waals surface area contributed by atoms with Crippen molar-refractivity contribution in [2.75, 3.05) is 11.9 Å². The Labute approximate surface area is 104 Å². The Morgan fingerprint density at radius 2 is 2.28 bits per heavy atom. The Bertz CT molecular complexity index is 512. The van der Waals surface area contributed by atoms with Gasteiger partial charge in [-0.05, 0) is 31.4 Å². The standard InChI is InChI=1S/C12H13N3O3/c13-7-9-2-3-10(11(6-9)15(17)18)14-12(8-16)4-1-5-12/h2-3,6,14,16H,1,4-5,8H2. The molecule has 0 aliphatic heterocycles. The quantitative estimate of drug-likeness (QED) is 0.624. The zero-order valence-corrected chi connectivity index (χ0v) is 9.72. The van der Waals surface area contributed by atoms with Crippen LogP contribution in [0.2, 0.25) is 0 Å². The van der Waals surface area contributed by atoms with Gasteiger partial charge >= 0.3 is 0 Å². The molecule has 1 saturated carbocycles. The molecule has 0 amide bonds. The second kappa shape index (κ2) is 4.63. The average molecular weight is 247 g/mol. The van der Waals surface area contributed by atoms with Gasteiger partial charge in [0.15, 0.2) is 0 Å². The second-order valence-electron chi connectivity index (χ2n) is 4.52. The third-order valence-electron chi connectivity index (χ3n) is 3.34. The monoisotopic (exact) mass is 247 g/mol. The van der Waals surface area contributed by atoms with Gasteiger partial charge in [-0.1, -0.05) is 0 Å². The van der Waals surface area contributed by atoms with E-state index in [2.05, 4.69) is 5.32 Å². The summed E-state index contributed by atoms with van der Waals surface area (Å²) in [6.07, 6.45) is 2.58. The maximum absolute atomic E-state index is 11.0. The number of hydrogen-bond donors (Lipinski definition) is 2. The summed E-state index contributed by atoms with van der Waals surface area (Å²) in [7, 11) is 0. The molecule has 0 atom stereocenters. The van der Waals surface area contributed by atoms with E-state index < -0.39 is 10.5 Å². The molecule has 0 aromatic heterocycles. The van der Waals surface area contributed by atoms with Crippen LogP contribution >= 0.6 is 0 Å². The van der Waals surface area contributed by atoms with E-state index in [-0.39, 0.29) is 17.9 Å². The molecular weight excluding hydrogens is 234 g/mol. The minimum atomic E-state index is -0.521. The van der Waals surface area contributed by atoms with Gasteiger partial charge in [-0.15, -0.1) is 0 Å². The molecule has 18 heavy (non-hydrogen) atoms. The highest BCUT2D eigenvalue weighted by atomic mass is 16.6. The first kappa shape index (κ1) is 12.3. The lowest BCUT2D eigenvalue weighted by Gasteiger charge is -2.41. The minimum Gasteiger partial charge on any atom is -0.394 e. The Kier molecular flexibility index (Phi) is 3.17. The van der Waals surface area contributed by atoms with E-state index in [4.69, 9.17) is 5.26 Å². The molecular formula is C12H13N3O3. The van der Waals surface area contributed by atoms with Crippen LogP contribution in [0, 0.1) is 21.4 Å². The molecule has 0 spiro atoms. The van der Waals surface area contributed by atoms with Crippen LogP contribution in [0.5, 0.6) is 0 Å². The van der Waals surface area contributed by atoms with Crippen molar-refractivity contribution in [1.82, 2.24) is 0 Å². The fourth-order valence-electron chi connectivity index (χ4n) is 2.07. The second-order valence-corrected chi connectivity index (χ2v) is 4.52. The first-order valence-electron chi connectivity index (χ1n) is 5.68. The zero-order chi connectivity index (χ0) is 13.2. The molecule has 0 unspecified atom stereocenters. The number of nitriles is 1. The number of nitrogens with one attached hydrogen (secondary N) is 1. The Hall–Kier alpha value is -2.13. The summed E-state index contributed by atoms with van der Waals surface area (Å²) in [5.74, 6) is 0. The average Bonchev–Trinajstić information content (AvgIpc) is 2.33. The van der Waals surface area contributed by atoms with E-state index in [0.717, 1.165) is 19.3 Å². The Balaban J connectivity index is 2.33. The van der Waals surface area contributed by atoms with Gasteiger partial charge in [-0.2, -0.15) is 5.26 Å². The topological polar surface area (TPSA) is 99.2 Å². The van der Waals surface area contributed by atoms with Crippen molar-refractivity contribution in [3.05, 3.63) is 33.9 Å². The smallest absolute Gasteiger partial charge is 0.293 e. The number of anilines is 1. The number of aliphatic hydroxyl groups excluding tert-OH is 1. The maximum atomic E-state index is 11.0. The number of nitro benzene ring substituents is 1. The first-order valence-corrected chi connectivity index (χ1v) is 5.68. The molecule has 6 heteroatoms. The van der Waals surface area contributed by atoms with E-state index in [1.54, 1.807) is 0 Å². The molecule has 0 saturated heterocycles. The molecule has 1 aliphatic rings.